The van der Waals surface area contributed by atoms with Crippen molar-refractivity contribution in [2.24, 2.45) is 5.73 Å². The van der Waals surface area contributed by atoms with E-state index in [-0.39, 0.29) is 17.4 Å². The van der Waals surface area contributed by atoms with Crippen LogP contribution < -0.4 is 21.7 Å². The molecular weight excluding hydrogens is 216 g/mol. The third-order valence-corrected chi connectivity index (χ3v) is 1.45. The molecule has 0 aromatic heterocycles. The van der Waals surface area contributed by atoms with Crippen molar-refractivity contribution in [3.05, 3.63) is 11.5 Å². The van der Waals surface area contributed by atoms with Crippen molar-refractivity contribution >= 4 is 29.0 Å². The minimum Gasteiger partial charge on any atom is -0.391 e. The van der Waals surface area contributed by atoms with Gasteiger partial charge in [-0.1, -0.05) is 12.2 Å². The Morgan fingerprint density at radius 1 is 1.20 bits per heavy atom. The lowest BCUT2D eigenvalue weighted by atomic mass is 10.4. The van der Waals surface area contributed by atoms with Gasteiger partial charge in [-0.3, -0.25) is 9.59 Å². The predicted molar refractivity (Wildman–Crippen MR) is 60.5 cm³/mol. The summed E-state index contributed by atoms with van der Waals surface area (Å²) in [5.41, 5.74) is 5.37. The van der Waals surface area contributed by atoms with E-state index in [9.17, 15) is 9.59 Å². The highest BCUT2D eigenvalue weighted by atomic mass is 32.1. The van der Waals surface area contributed by atoms with E-state index in [1.54, 1.807) is 6.92 Å². The quantitative estimate of drug-likeness (QED) is 0.366. The summed E-state index contributed by atoms with van der Waals surface area (Å²) in [7, 11) is 1.44. The molecule has 0 unspecified atom stereocenters. The minimum absolute atomic E-state index is 0.0920. The Hall–Kier alpha value is -1.63. The van der Waals surface area contributed by atoms with E-state index in [1.807, 2.05) is 0 Å². The van der Waals surface area contributed by atoms with Crippen molar-refractivity contribution in [1.29, 1.82) is 0 Å². The zero-order chi connectivity index (χ0) is 12.0. The van der Waals surface area contributed by atoms with Gasteiger partial charge >= 0.3 is 0 Å². The smallest absolute Gasteiger partial charge is 0.270 e. The normalized spacial score (nSPS) is 11.1. The fourth-order valence-corrected chi connectivity index (χ4v) is 0.868. The molecule has 0 aromatic rings. The molecule has 0 saturated heterocycles. The van der Waals surface area contributed by atoms with Crippen molar-refractivity contribution in [2.45, 2.75) is 13.8 Å². The van der Waals surface area contributed by atoms with Crippen molar-refractivity contribution in [3.8, 4) is 0 Å². The van der Waals surface area contributed by atoms with Crippen LogP contribution in [-0.2, 0) is 9.59 Å². The first kappa shape index (κ1) is 13.4. The Morgan fingerprint density at radius 2 is 1.73 bits per heavy atom. The number of nitrogens with two attached hydrogens (primary N) is 1. The Labute approximate surface area is 93.3 Å². The van der Waals surface area contributed by atoms with Crippen LogP contribution in [0.25, 0.3) is 0 Å². The number of likely N-dealkylation sites (N-methyl/N-ethyl adjacent to an activating group) is 1. The van der Waals surface area contributed by atoms with Crippen LogP contribution >= 0.6 is 12.2 Å². The van der Waals surface area contributed by atoms with E-state index < -0.39 is 5.91 Å². The molecule has 5 N–H and O–H groups in total. The molecule has 6 nitrogen and oxygen atoms in total. The molecule has 2 amide bonds. The maximum Gasteiger partial charge on any atom is 0.270 e. The van der Waals surface area contributed by atoms with E-state index in [4.69, 9.17) is 18.0 Å². The summed E-state index contributed by atoms with van der Waals surface area (Å²) in [6.45, 7) is 2.91. The first-order valence-electron chi connectivity index (χ1n) is 4.15. The van der Waals surface area contributed by atoms with E-state index in [2.05, 4.69) is 16.0 Å². The first-order chi connectivity index (χ1) is 6.88. The second-order valence-electron chi connectivity index (χ2n) is 2.73. The maximum absolute atomic E-state index is 11.2. The monoisotopic (exact) mass is 230 g/mol. The predicted octanol–water partition coefficient (Wildman–Crippen LogP) is -1.07. The lowest BCUT2D eigenvalue weighted by Gasteiger charge is -2.12. The van der Waals surface area contributed by atoms with Crippen LogP contribution in [0, 0.1) is 0 Å². The van der Waals surface area contributed by atoms with Crippen molar-refractivity contribution < 1.29 is 9.59 Å². The molecule has 0 heterocycles. The maximum atomic E-state index is 11.2. The molecule has 0 rings (SSSR count). The van der Waals surface area contributed by atoms with Gasteiger partial charge in [0.2, 0.25) is 5.91 Å². The molecule has 7 heteroatoms. The number of amides is 2. The van der Waals surface area contributed by atoms with E-state index in [1.165, 1.54) is 14.0 Å². The lowest BCUT2D eigenvalue weighted by Crippen LogP contribution is -2.38. The van der Waals surface area contributed by atoms with E-state index in [0.29, 0.717) is 4.99 Å². The molecule has 0 aromatic carbocycles. The molecule has 15 heavy (non-hydrogen) atoms. The number of carbonyl (C=O) groups excluding carboxylic acids is 2. The topological polar surface area (TPSA) is 96.2 Å². The van der Waals surface area contributed by atoms with Gasteiger partial charge in [-0.25, -0.2) is 0 Å². The zero-order valence-corrected chi connectivity index (χ0v) is 9.62. The van der Waals surface area contributed by atoms with Gasteiger partial charge < -0.3 is 21.7 Å². The number of hydrogen-bond acceptors (Lipinski definition) is 4. The van der Waals surface area contributed by atoms with Crippen molar-refractivity contribution in [3.63, 3.8) is 0 Å². The van der Waals surface area contributed by atoms with Crippen LogP contribution in [0.5, 0.6) is 0 Å². The number of carbonyl (C=O) groups is 2. The SMILES string of the molecule is CNC(=O)/C(N)=C(\NC(C)=O)NC(C)=S. The third-order valence-electron chi connectivity index (χ3n) is 1.34. The molecule has 0 radical (unpaired) electrons. The molecule has 0 bridgehead atoms. The third kappa shape index (κ3) is 4.96. The van der Waals surface area contributed by atoms with Crippen LogP contribution in [0.3, 0.4) is 0 Å². The summed E-state index contributed by atoms with van der Waals surface area (Å²) < 4.78 is 0. The molecule has 0 aliphatic carbocycles. The number of rotatable bonds is 3. The van der Waals surface area contributed by atoms with Gasteiger partial charge in [-0.15, -0.1) is 0 Å². The van der Waals surface area contributed by atoms with E-state index in [0.717, 1.165) is 0 Å². The Morgan fingerprint density at radius 3 is 2.07 bits per heavy atom. The minimum atomic E-state index is -0.498. The first-order valence-corrected chi connectivity index (χ1v) is 4.56. The van der Waals surface area contributed by atoms with Gasteiger partial charge in [0, 0.05) is 14.0 Å². The van der Waals surface area contributed by atoms with Gasteiger partial charge in [0.25, 0.3) is 5.91 Å². The Kier molecular flexibility index (Phi) is 5.32. The molecule has 0 aliphatic rings. The summed E-state index contributed by atoms with van der Waals surface area (Å²) in [6, 6.07) is 0. The fourth-order valence-electron chi connectivity index (χ4n) is 0.766. The summed E-state index contributed by atoms with van der Waals surface area (Å²) in [4.78, 5) is 22.4. The largest absolute Gasteiger partial charge is 0.391 e. The van der Waals surface area contributed by atoms with Crippen LogP contribution in [-0.4, -0.2) is 23.9 Å². The van der Waals surface area contributed by atoms with Gasteiger partial charge in [-0.05, 0) is 6.92 Å². The standard InChI is InChI=1S/C8H14N4O2S/c1-4(13)11-7(12-5(2)15)6(9)8(14)10-3/h9H2,1-3H3,(H,10,14)(H,11,13)(H,12,15)/b7-6-. The second-order valence-corrected chi connectivity index (χ2v) is 3.34. The highest BCUT2D eigenvalue weighted by Gasteiger charge is 2.11. The fraction of sp³-hybridized carbons (Fsp3) is 0.375. The van der Waals surface area contributed by atoms with E-state index >= 15 is 0 Å². The Bertz CT molecular complexity index is 307. The van der Waals surface area contributed by atoms with Gasteiger partial charge in [0.15, 0.2) is 0 Å². The number of nitrogens with one attached hydrogen (secondary N) is 3. The van der Waals surface area contributed by atoms with Gasteiger partial charge in [-0.2, -0.15) is 0 Å². The number of hydrogen-bond donors (Lipinski definition) is 4. The zero-order valence-electron chi connectivity index (χ0n) is 8.80. The van der Waals surface area contributed by atoms with Crippen molar-refractivity contribution in [2.75, 3.05) is 7.05 Å². The van der Waals surface area contributed by atoms with Crippen LogP contribution in [0.4, 0.5) is 0 Å². The second kappa shape index (κ2) is 5.97. The molecule has 0 atom stereocenters. The average molecular weight is 230 g/mol. The Balaban J connectivity index is 4.95. The van der Waals surface area contributed by atoms with Crippen LogP contribution in [0.1, 0.15) is 13.8 Å². The average Bonchev–Trinajstić information content (AvgIpc) is 2.13. The lowest BCUT2D eigenvalue weighted by molar-refractivity contribution is -0.118. The van der Waals surface area contributed by atoms with Gasteiger partial charge in [0.05, 0.1) is 4.99 Å². The van der Waals surface area contributed by atoms with Crippen molar-refractivity contribution in [1.82, 2.24) is 16.0 Å². The summed E-state index contributed by atoms with van der Waals surface area (Å²) in [5.74, 6) is -0.752. The molecule has 0 spiro atoms. The molecular formula is C8H14N4O2S. The highest BCUT2D eigenvalue weighted by molar-refractivity contribution is 7.80. The molecule has 0 fully saturated rings. The van der Waals surface area contributed by atoms with Crippen LogP contribution in [0.15, 0.2) is 11.5 Å². The molecule has 0 saturated carbocycles. The molecule has 84 valence electrons. The molecule has 0 aliphatic heterocycles. The summed E-state index contributed by atoms with van der Waals surface area (Å²) >= 11 is 4.78. The highest BCUT2D eigenvalue weighted by Crippen LogP contribution is 1.92. The van der Waals surface area contributed by atoms with Gasteiger partial charge in [0.1, 0.15) is 11.5 Å². The number of thiocarbonyl (C=S) groups is 1. The summed E-state index contributed by atoms with van der Waals surface area (Å²) in [5, 5.41) is 7.34. The summed E-state index contributed by atoms with van der Waals surface area (Å²) in [6.07, 6.45) is 0. The van der Waals surface area contributed by atoms with Crippen LogP contribution in [0.2, 0.25) is 0 Å².